The highest BCUT2D eigenvalue weighted by atomic mass is 32.2. The maximum Gasteiger partial charge on any atom is 0.244 e. The Kier molecular flexibility index (Phi) is 4.39. The van der Waals surface area contributed by atoms with Gasteiger partial charge >= 0.3 is 0 Å². The summed E-state index contributed by atoms with van der Waals surface area (Å²) in [6.07, 6.45) is 0. The van der Waals surface area contributed by atoms with Crippen molar-refractivity contribution >= 4 is 21.4 Å². The Morgan fingerprint density at radius 3 is 3.06 bits per heavy atom. The molecule has 0 saturated carbocycles. The number of ether oxygens (including phenoxy) is 1. The summed E-state index contributed by atoms with van der Waals surface area (Å²) >= 11 is 1.47. The van der Waals surface area contributed by atoms with Crippen LogP contribution in [0, 0.1) is 0 Å². The van der Waals surface area contributed by atoms with Crippen LogP contribution in [0.25, 0.3) is 0 Å². The summed E-state index contributed by atoms with van der Waals surface area (Å²) in [4.78, 5) is 1.28. The molecule has 1 aliphatic rings. The number of nitrogens with zero attached hydrogens (tertiary/aromatic N) is 1. The van der Waals surface area contributed by atoms with Gasteiger partial charge in [-0.25, -0.2) is 8.42 Å². The molecule has 0 spiro atoms. The SMILES string of the molecule is CNCc1sccc1S(=O)(=O)N1CCOCC1C. The number of nitrogens with one attached hydrogen (secondary N) is 1. The minimum Gasteiger partial charge on any atom is -0.378 e. The number of rotatable bonds is 4. The largest absolute Gasteiger partial charge is 0.378 e. The third kappa shape index (κ3) is 2.60. The van der Waals surface area contributed by atoms with E-state index in [0.717, 1.165) is 4.88 Å². The summed E-state index contributed by atoms with van der Waals surface area (Å²) < 4.78 is 32.0. The zero-order chi connectivity index (χ0) is 13.2. The van der Waals surface area contributed by atoms with Crippen LogP contribution in [-0.4, -0.2) is 45.6 Å². The van der Waals surface area contributed by atoms with E-state index in [4.69, 9.17) is 4.74 Å². The molecule has 7 heteroatoms. The van der Waals surface area contributed by atoms with Crippen LogP contribution in [0.15, 0.2) is 16.3 Å². The number of morpholine rings is 1. The van der Waals surface area contributed by atoms with Crippen molar-refractivity contribution in [3.8, 4) is 0 Å². The molecule has 1 saturated heterocycles. The van der Waals surface area contributed by atoms with Gasteiger partial charge in [-0.15, -0.1) is 11.3 Å². The zero-order valence-corrected chi connectivity index (χ0v) is 12.2. The zero-order valence-electron chi connectivity index (χ0n) is 10.5. The van der Waals surface area contributed by atoms with E-state index >= 15 is 0 Å². The summed E-state index contributed by atoms with van der Waals surface area (Å²) in [5.41, 5.74) is 0. The summed E-state index contributed by atoms with van der Waals surface area (Å²) in [6, 6.07) is 1.58. The van der Waals surface area contributed by atoms with Gasteiger partial charge in [0, 0.05) is 24.0 Å². The van der Waals surface area contributed by atoms with Crippen LogP contribution in [0.2, 0.25) is 0 Å². The molecule has 1 N–H and O–H groups in total. The third-order valence-corrected chi connectivity index (χ3v) is 6.08. The van der Waals surface area contributed by atoms with Gasteiger partial charge in [-0.05, 0) is 25.4 Å². The standard InChI is InChI=1S/C11H18N2O3S2/c1-9-8-16-5-4-13(9)18(14,15)11-3-6-17-10(11)7-12-2/h3,6,9,12H,4-5,7-8H2,1-2H3. The fourth-order valence-corrected chi connectivity index (χ4v) is 5.07. The molecule has 0 radical (unpaired) electrons. The van der Waals surface area contributed by atoms with Crippen molar-refractivity contribution < 1.29 is 13.2 Å². The van der Waals surface area contributed by atoms with Gasteiger partial charge in [0.15, 0.2) is 0 Å². The Labute approximate surface area is 112 Å². The summed E-state index contributed by atoms with van der Waals surface area (Å²) in [5.74, 6) is 0. The third-order valence-electron chi connectivity index (χ3n) is 2.94. The van der Waals surface area contributed by atoms with E-state index in [1.807, 2.05) is 19.4 Å². The maximum absolute atomic E-state index is 12.6. The Bertz CT molecular complexity index is 498. The number of hydrogen-bond acceptors (Lipinski definition) is 5. The molecule has 18 heavy (non-hydrogen) atoms. The Balaban J connectivity index is 2.32. The van der Waals surface area contributed by atoms with Gasteiger partial charge in [-0.3, -0.25) is 0 Å². The minimum atomic E-state index is -3.40. The van der Waals surface area contributed by atoms with Gasteiger partial charge in [-0.2, -0.15) is 4.31 Å². The van der Waals surface area contributed by atoms with Gasteiger partial charge in [0.05, 0.1) is 18.1 Å². The predicted octanol–water partition coefficient (Wildman–Crippen LogP) is 0.877. The first kappa shape index (κ1) is 14.0. The van der Waals surface area contributed by atoms with Gasteiger partial charge < -0.3 is 10.1 Å². The molecule has 1 atom stereocenters. The number of hydrogen-bond donors (Lipinski definition) is 1. The quantitative estimate of drug-likeness (QED) is 0.894. The second-order valence-corrected chi connectivity index (χ2v) is 7.14. The van der Waals surface area contributed by atoms with Crippen molar-refractivity contribution in [2.45, 2.75) is 24.4 Å². The van der Waals surface area contributed by atoms with Gasteiger partial charge in [0.1, 0.15) is 0 Å². The van der Waals surface area contributed by atoms with Crippen LogP contribution in [0.1, 0.15) is 11.8 Å². The molecule has 0 bridgehead atoms. The fraction of sp³-hybridized carbons (Fsp3) is 0.636. The van der Waals surface area contributed by atoms with E-state index in [1.54, 1.807) is 6.07 Å². The van der Waals surface area contributed by atoms with E-state index in [0.29, 0.717) is 31.2 Å². The first-order valence-electron chi connectivity index (χ1n) is 5.88. The summed E-state index contributed by atoms with van der Waals surface area (Å²) in [6.45, 7) is 3.81. The molecular weight excluding hydrogens is 272 g/mol. The average molecular weight is 290 g/mol. The average Bonchev–Trinajstić information content (AvgIpc) is 2.79. The van der Waals surface area contributed by atoms with E-state index in [1.165, 1.54) is 15.6 Å². The lowest BCUT2D eigenvalue weighted by molar-refractivity contribution is 0.0392. The lowest BCUT2D eigenvalue weighted by atomic mass is 10.3. The van der Waals surface area contributed by atoms with Gasteiger partial charge in [-0.1, -0.05) is 0 Å². The van der Waals surface area contributed by atoms with Crippen molar-refractivity contribution in [1.29, 1.82) is 0 Å². The monoisotopic (exact) mass is 290 g/mol. The first-order valence-corrected chi connectivity index (χ1v) is 8.20. The number of sulfonamides is 1. The Morgan fingerprint density at radius 1 is 1.61 bits per heavy atom. The lowest BCUT2D eigenvalue weighted by Gasteiger charge is -2.32. The minimum absolute atomic E-state index is 0.105. The Hall–Kier alpha value is -0.470. The molecule has 2 heterocycles. The highest BCUT2D eigenvalue weighted by Crippen LogP contribution is 2.27. The van der Waals surface area contributed by atoms with Crippen LogP contribution in [0.3, 0.4) is 0 Å². The van der Waals surface area contributed by atoms with E-state index in [2.05, 4.69) is 5.32 Å². The molecule has 5 nitrogen and oxygen atoms in total. The lowest BCUT2D eigenvalue weighted by Crippen LogP contribution is -2.47. The summed E-state index contributed by atoms with van der Waals surface area (Å²) in [5, 5.41) is 4.82. The molecule has 0 aliphatic carbocycles. The second kappa shape index (κ2) is 5.66. The van der Waals surface area contributed by atoms with Crippen molar-refractivity contribution in [2.24, 2.45) is 0 Å². The van der Waals surface area contributed by atoms with Crippen molar-refractivity contribution in [3.05, 3.63) is 16.3 Å². The van der Waals surface area contributed by atoms with Crippen LogP contribution in [-0.2, 0) is 21.3 Å². The fourth-order valence-electron chi connectivity index (χ4n) is 2.04. The first-order chi connectivity index (χ1) is 8.57. The molecule has 2 rings (SSSR count). The molecule has 1 aromatic rings. The van der Waals surface area contributed by atoms with Crippen LogP contribution < -0.4 is 5.32 Å². The smallest absolute Gasteiger partial charge is 0.244 e. The van der Waals surface area contributed by atoms with Gasteiger partial charge in [0.25, 0.3) is 0 Å². The van der Waals surface area contributed by atoms with E-state index in [-0.39, 0.29) is 6.04 Å². The molecule has 0 aromatic carbocycles. The highest BCUT2D eigenvalue weighted by molar-refractivity contribution is 7.89. The molecule has 1 aliphatic heterocycles. The predicted molar refractivity (Wildman–Crippen MR) is 71.3 cm³/mol. The number of thiophene rings is 1. The molecule has 1 fully saturated rings. The van der Waals surface area contributed by atoms with Gasteiger partial charge in [0.2, 0.25) is 10.0 Å². The van der Waals surface area contributed by atoms with Crippen LogP contribution in [0.5, 0.6) is 0 Å². The van der Waals surface area contributed by atoms with Crippen molar-refractivity contribution in [1.82, 2.24) is 9.62 Å². The second-order valence-electron chi connectivity index (χ2n) is 4.28. The topological polar surface area (TPSA) is 58.6 Å². The normalized spacial score (nSPS) is 22.2. The highest BCUT2D eigenvalue weighted by Gasteiger charge is 2.33. The van der Waals surface area contributed by atoms with E-state index in [9.17, 15) is 8.42 Å². The molecule has 0 amide bonds. The molecule has 102 valence electrons. The van der Waals surface area contributed by atoms with Crippen molar-refractivity contribution in [3.63, 3.8) is 0 Å². The Morgan fingerprint density at radius 2 is 2.39 bits per heavy atom. The summed E-state index contributed by atoms with van der Waals surface area (Å²) in [7, 11) is -1.58. The molecule has 1 unspecified atom stereocenters. The van der Waals surface area contributed by atoms with E-state index < -0.39 is 10.0 Å². The van der Waals surface area contributed by atoms with Crippen molar-refractivity contribution in [2.75, 3.05) is 26.8 Å². The molecule has 1 aromatic heterocycles. The maximum atomic E-state index is 12.6. The van der Waals surface area contributed by atoms with Crippen LogP contribution >= 0.6 is 11.3 Å². The van der Waals surface area contributed by atoms with Crippen LogP contribution in [0.4, 0.5) is 0 Å². The molecular formula is C11H18N2O3S2.